The first kappa shape index (κ1) is 24.9. The van der Waals surface area contributed by atoms with E-state index in [2.05, 4.69) is 0 Å². The van der Waals surface area contributed by atoms with Crippen LogP contribution in [0.2, 0.25) is 5.02 Å². The number of hydrogen-bond acceptors (Lipinski definition) is 4. The summed E-state index contributed by atoms with van der Waals surface area (Å²) in [6.45, 7) is -0.155. The van der Waals surface area contributed by atoms with Crippen LogP contribution in [0.3, 0.4) is 0 Å². The second kappa shape index (κ2) is 9.82. The summed E-state index contributed by atoms with van der Waals surface area (Å²) in [6.07, 6.45) is -3.65. The van der Waals surface area contributed by atoms with Crippen LogP contribution >= 0.6 is 11.6 Å². The Balaban J connectivity index is 1.69. The van der Waals surface area contributed by atoms with Gasteiger partial charge in [0, 0.05) is 11.1 Å². The fourth-order valence-electron chi connectivity index (χ4n) is 3.39. The number of barbiturate groups is 1. The van der Waals surface area contributed by atoms with Crippen molar-refractivity contribution in [2.75, 3.05) is 4.90 Å². The normalized spacial score (nSPS) is 15.3. The summed E-state index contributed by atoms with van der Waals surface area (Å²) in [6, 6.07) is 13.0. The van der Waals surface area contributed by atoms with Crippen molar-refractivity contribution < 1.29 is 36.7 Å². The number of nitrogens with zero attached hydrogens (tertiary/aromatic N) is 1. The lowest BCUT2D eigenvalue weighted by atomic mass is 10.1. The van der Waals surface area contributed by atoms with E-state index in [4.69, 9.17) is 16.3 Å². The van der Waals surface area contributed by atoms with Crippen molar-refractivity contribution in [3.8, 4) is 5.75 Å². The van der Waals surface area contributed by atoms with Gasteiger partial charge in [0.15, 0.2) is 0 Å². The molecule has 0 bridgehead atoms. The smallest absolute Gasteiger partial charge is 0.416 e. The number of benzene rings is 3. The maximum Gasteiger partial charge on any atom is 0.416 e. The Labute approximate surface area is 206 Å². The molecule has 11 heteroatoms. The van der Waals surface area contributed by atoms with Gasteiger partial charge in [-0.1, -0.05) is 48.0 Å². The number of imide groups is 2. The quantitative estimate of drug-likeness (QED) is 0.265. The number of hydrogen-bond donors (Lipinski definition) is 1. The molecule has 0 atom stereocenters. The van der Waals surface area contributed by atoms with E-state index in [-0.39, 0.29) is 28.5 Å². The third kappa shape index (κ3) is 5.08. The molecule has 1 fully saturated rings. The molecule has 3 aromatic rings. The SMILES string of the molecule is O=C1NC(=O)N(c2cc(C(F)(F)F)ccc2Cl)C(=O)/C1=C\c1ccccc1OCc1ccccc1F. The molecule has 3 aromatic carbocycles. The summed E-state index contributed by atoms with van der Waals surface area (Å²) in [4.78, 5) is 38.4. The van der Waals surface area contributed by atoms with Crippen molar-refractivity contribution >= 4 is 41.2 Å². The van der Waals surface area contributed by atoms with Gasteiger partial charge in [0.25, 0.3) is 11.8 Å². The number of alkyl halides is 3. The van der Waals surface area contributed by atoms with Crippen LogP contribution in [-0.2, 0) is 22.4 Å². The molecule has 1 aliphatic rings. The van der Waals surface area contributed by atoms with E-state index in [1.54, 1.807) is 18.2 Å². The van der Waals surface area contributed by atoms with Gasteiger partial charge in [-0.3, -0.25) is 14.9 Å². The average molecular weight is 519 g/mol. The van der Waals surface area contributed by atoms with Crippen molar-refractivity contribution in [2.45, 2.75) is 12.8 Å². The number of urea groups is 1. The number of amides is 4. The molecule has 36 heavy (non-hydrogen) atoms. The highest BCUT2D eigenvalue weighted by Gasteiger charge is 2.39. The van der Waals surface area contributed by atoms with Gasteiger partial charge >= 0.3 is 12.2 Å². The van der Waals surface area contributed by atoms with Crippen LogP contribution in [0.1, 0.15) is 16.7 Å². The number of carbonyl (C=O) groups is 3. The summed E-state index contributed by atoms with van der Waals surface area (Å²) in [5.41, 5.74) is -1.74. The van der Waals surface area contributed by atoms with Gasteiger partial charge in [0.1, 0.15) is 23.7 Å². The van der Waals surface area contributed by atoms with E-state index in [0.717, 1.165) is 12.1 Å². The van der Waals surface area contributed by atoms with Crippen LogP contribution in [0.5, 0.6) is 5.75 Å². The molecule has 1 aliphatic heterocycles. The third-order valence-electron chi connectivity index (χ3n) is 5.18. The molecule has 0 radical (unpaired) electrons. The van der Waals surface area contributed by atoms with Gasteiger partial charge in [-0.05, 0) is 36.4 Å². The van der Waals surface area contributed by atoms with Crippen molar-refractivity contribution in [3.63, 3.8) is 0 Å². The Morgan fingerprint density at radius 1 is 0.972 bits per heavy atom. The molecule has 4 rings (SSSR count). The van der Waals surface area contributed by atoms with Crippen molar-refractivity contribution in [2.24, 2.45) is 0 Å². The van der Waals surface area contributed by atoms with E-state index >= 15 is 0 Å². The Bertz CT molecular complexity index is 1400. The molecule has 0 unspecified atom stereocenters. The molecule has 0 spiro atoms. The minimum atomic E-state index is -4.77. The van der Waals surface area contributed by atoms with Gasteiger partial charge in [0.05, 0.1) is 16.3 Å². The molecule has 0 aromatic heterocycles. The van der Waals surface area contributed by atoms with Crippen LogP contribution in [0, 0.1) is 5.82 Å². The van der Waals surface area contributed by atoms with Gasteiger partial charge in [-0.15, -0.1) is 0 Å². The second-order valence-corrected chi connectivity index (χ2v) is 7.95. The molecule has 6 nitrogen and oxygen atoms in total. The van der Waals surface area contributed by atoms with Crippen LogP contribution in [0.4, 0.5) is 28.0 Å². The zero-order chi connectivity index (χ0) is 26.0. The standard InChI is InChI=1S/C25H15ClF4N2O4/c26-18-10-9-16(25(28,29)30)12-20(18)32-23(34)17(22(33)31-24(32)35)11-14-5-2-4-8-21(14)36-13-15-6-1-3-7-19(15)27/h1-12H,13H2,(H,31,33,35)/b17-11-. The zero-order valence-electron chi connectivity index (χ0n) is 18.1. The Morgan fingerprint density at radius 2 is 1.67 bits per heavy atom. The lowest BCUT2D eigenvalue weighted by Gasteiger charge is -2.27. The summed E-state index contributed by atoms with van der Waals surface area (Å²) in [5.74, 6) is -2.54. The van der Waals surface area contributed by atoms with Crippen molar-refractivity contribution in [3.05, 3.63) is 99.8 Å². The average Bonchev–Trinajstić information content (AvgIpc) is 2.82. The van der Waals surface area contributed by atoms with Gasteiger partial charge < -0.3 is 4.74 Å². The summed E-state index contributed by atoms with van der Waals surface area (Å²) >= 11 is 6.00. The number of ether oxygens (including phenoxy) is 1. The molecule has 1 saturated heterocycles. The second-order valence-electron chi connectivity index (χ2n) is 7.54. The lowest BCUT2D eigenvalue weighted by Crippen LogP contribution is -2.54. The first-order valence-corrected chi connectivity index (χ1v) is 10.7. The highest BCUT2D eigenvalue weighted by atomic mass is 35.5. The predicted molar refractivity (Wildman–Crippen MR) is 123 cm³/mol. The van der Waals surface area contributed by atoms with Crippen LogP contribution in [-0.4, -0.2) is 17.8 Å². The number of nitrogens with one attached hydrogen (secondary N) is 1. The summed E-state index contributed by atoms with van der Waals surface area (Å²) in [5, 5.41) is 1.62. The molecule has 1 N–H and O–H groups in total. The number of anilines is 1. The van der Waals surface area contributed by atoms with Crippen LogP contribution < -0.4 is 15.0 Å². The van der Waals surface area contributed by atoms with Gasteiger partial charge in [-0.2, -0.15) is 13.2 Å². The Morgan fingerprint density at radius 3 is 2.39 bits per heavy atom. The van der Waals surface area contributed by atoms with Crippen molar-refractivity contribution in [1.82, 2.24) is 5.32 Å². The Kier molecular flexibility index (Phi) is 6.80. The molecule has 1 heterocycles. The van der Waals surface area contributed by atoms with Gasteiger partial charge in [-0.25, -0.2) is 14.1 Å². The Hall–Kier alpha value is -4.18. The number of rotatable bonds is 5. The molecule has 0 aliphatic carbocycles. The predicted octanol–water partition coefficient (Wildman–Crippen LogP) is 5.74. The fraction of sp³-hybridized carbons (Fsp3) is 0.0800. The maximum absolute atomic E-state index is 13.9. The largest absolute Gasteiger partial charge is 0.488 e. The highest BCUT2D eigenvalue weighted by molar-refractivity contribution is 6.42. The highest BCUT2D eigenvalue weighted by Crippen LogP contribution is 2.37. The molecular formula is C25H15ClF4N2O4. The first-order chi connectivity index (χ1) is 17.1. The van der Waals surface area contributed by atoms with E-state index < -0.39 is 46.7 Å². The van der Waals surface area contributed by atoms with Crippen LogP contribution in [0.25, 0.3) is 6.08 Å². The molecular weight excluding hydrogens is 504 g/mol. The van der Waals surface area contributed by atoms with E-state index in [1.165, 1.54) is 30.3 Å². The van der Waals surface area contributed by atoms with E-state index in [0.29, 0.717) is 17.0 Å². The summed E-state index contributed by atoms with van der Waals surface area (Å²) in [7, 11) is 0. The minimum absolute atomic E-state index is 0.155. The van der Waals surface area contributed by atoms with Crippen LogP contribution in [0.15, 0.2) is 72.3 Å². The molecule has 4 amide bonds. The third-order valence-corrected chi connectivity index (χ3v) is 5.50. The van der Waals surface area contributed by atoms with Crippen molar-refractivity contribution in [1.29, 1.82) is 0 Å². The zero-order valence-corrected chi connectivity index (χ0v) is 18.9. The number of para-hydroxylation sites is 1. The van der Waals surface area contributed by atoms with E-state index in [1.807, 2.05) is 5.32 Å². The monoisotopic (exact) mass is 518 g/mol. The fourth-order valence-corrected chi connectivity index (χ4v) is 3.60. The minimum Gasteiger partial charge on any atom is -0.488 e. The maximum atomic E-state index is 13.9. The molecule has 184 valence electrons. The number of halogens is 5. The summed E-state index contributed by atoms with van der Waals surface area (Å²) < 4.78 is 59.2. The first-order valence-electron chi connectivity index (χ1n) is 10.3. The topological polar surface area (TPSA) is 75.7 Å². The van der Waals surface area contributed by atoms with Gasteiger partial charge in [0.2, 0.25) is 0 Å². The lowest BCUT2D eigenvalue weighted by molar-refractivity contribution is -0.137. The van der Waals surface area contributed by atoms with E-state index in [9.17, 15) is 31.9 Å². The molecule has 0 saturated carbocycles. The number of carbonyl (C=O) groups excluding carboxylic acids is 3.